The van der Waals surface area contributed by atoms with Gasteiger partial charge in [-0.2, -0.15) is 4.31 Å². The topological polar surface area (TPSA) is 87.5 Å². The minimum atomic E-state index is -3.66. The van der Waals surface area contributed by atoms with Crippen molar-refractivity contribution in [3.8, 4) is 0 Å². The number of urea groups is 1. The molecule has 0 spiro atoms. The molecule has 0 atom stereocenters. The van der Waals surface area contributed by atoms with Crippen molar-refractivity contribution >= 4 is 21.7 Å². The van der Waals surface area contributed by atoms with Crippen LogP contribution < -0.4 is 5.32 Å². The zero-order chi connectivity index (χ0) is 20.5. The van der Waals surface area contributed by atoms with Crippen LogP contribution in [0.15, 0.2) is 29.4 Å². The third kappa shape index (κ3) is 4.20. The predicted molar refractivity (Wildman–Crippen MR) is 108 cm³/mol. The van der Waals surface area contributed by atoms with Crippen molar-refractivity contribution in [2.45, 2.75) is 32.2 Å². The van der Waals surface area contributed by atoms with E-state index >= 15 is 0 Å². The molecule has 1 fully saturated rings. The average Bonchev–Trinajstić information content (AvgIpc) is 2.85. The fourth-order valence-corrected chi connectivity index (χ4v) is 4.64. The van der Waals surface area contributed by atoms with Crippen LogP contribution in [0.4, 0.5) is 10.5 Å². The number of carbonyl (C=O) groups excluding carboxylic acids is 1. The van der Waals surface area contributed by atoms with E-state index in [9.17, 15) is 13.2 Å². The van der Waals surface area contributed by atoms with Gasteiger partial charge in [-0.1, -0.05) is 6.07 Å². The lowest BCUT2D eigenvalue weighted by Gasteiger charge is -2.22. The van der Waals surface area contributed by atoms with Crippen molar-refractivity contribution in [3.63, 3.8) is 0 Å². The summed E-state index contributed by atoms with van der Waals surface area (Å²) in [7, 11) is -1.90. The maximum atomic E-state index is 12.9. The van der Waals surface area contributed by atoms with Crippen LogP contribution in [0.2, 0.25) is 0 Å². The first-order chi connectivity index (χ1) is 13.2. The number of rotatable bonds is 3. The molecule has 0 unspecified atom stereocenters. The minimum Gasteiger partial charge on any atom is -0.337 e. The van der Waals surface area contributed by atoms with Crippen LogP contribution >= 0.6 is 0 Å². The first kappa shape index (κ1) is 20.3. The number of hydrogen-bond donors (Lipinski definition) is 1. The standard InChI is InChI=1S/C19H27N5O3S/c1-14-6-7-17(12-15(14)2)21-19(25)23-8-5-9-24(11-10-23)28(26,27)18-13-22(4)16(3)20-18/h6-7,12-13H,5,8-11H2,1-4H3,(H,21,25). The summed E-state index contributed by atoms with van der Waals surface area (Å²) in [6, 6.07) is 5.57. The quantitative estimate of drug-likeness (QED) is 0.849. The molecule has 1 aliphatic rings. The van der Waals surface area contributed by atoms with Crippen molar-refractivity contribution < 1.29 is 13.2 Å². The second-order valence-electron chi connectivity index (χ2n) is 7.21. The third-order valence-electron chi connectivity index (χ3n) is 5.19. The first-order valence-electron chi connectivity index (χ1n) is 9.32. The number of hydrogen-bond acceptors (Lipinski definition) is 4. The van der Waals surface area contributed by atoms with Crippen molar-refractivity contribution in [1.29, 1.82) is 0 Å². The third-order valence-corrected chi connectivity index (χ3v) is 6.96. The number of amides is 2. The minimum absolute atomic E-state index is 0.0560. The van der Waals surface area contributed by atoms with Gasteiger partial charge in [0.1, 0.15) is 5.82 Å². The molecule has 1 saturated heterocycles. The molecule has 2 heterocycles. The SMILES string of the molecule is Cc1ccc(NC(=O)N2CCCN(S(=O)(=O)c3cn(C)c(C)n3)CC2)cc1C. The second-order valence-corrected chi connectivity index (χ2v) is 9.10. The zero-order valence-electron chi connectivity index (χ0n) is 16.8. The maximum absolute atomic E-state index is 12.9. The summed E-state index contributed by atoms with van der Waals surface area (Å²) in [6.07, 6.45) is 2.10. The van der Waals surface area contributed by atoms with Crippen LogP contribution in [-0.4, -0.2) is 59.4 Å². The van der Waals surface area contributed by atoms with Gasteiger partial charge < -0.3 is 14.8 Å². The molecular weight excluding hydrogens is 378 g/mol. The Hall–Kier alpha value is -2.39. The lowest BCUT2D eigenvalue weighted by molar-refractivity contribution is 0.214. The molecule has 1 aromatic carbocycles. The smallest absolute Gasteiger partial charge is 0.321 e. The van der Waals surface area contributed by atoms with E-state index < -0.39 is 10.0 Å². The Morgan fingerprint density at radius 3 is 2.46 bits per heavy atom. The molecule has 2 aromatic rings. The Morgan fingerprint density at radius 2 is 1.82 bits per heavy atom. The van der Waals surface area contributed by atoms with E-state index in [1.807, 2.05) is 32.0 Å². The molecular formula is C19H27N5O3S. The summed E-state index contributed by atoms with van der Waals surface area (Å²) in [5.41, 5.74) is 3.01. The molecule has 0 radical (unpaired) electrons. The van der Waals surface area contributed by atoms with Gasteiger partial charge in [0, 0.05) is 45.1 Å². The van der Waals surface area contributed by atoms with Crippen LogP contribution in [0, 0.1) is 20.8 Å². The fraction of sp³-hybridized carbons (Fsp3) is 0.474. The van der Waals surface area contributed by atoms with Crippen LogP contribution in [0.5, 0.6) is 0 Å². The molecule has 1 aromatic heterocycles. The number of benzene rings is 1. The highest BCUT2D eigenvalue weighted by molar-refractivity contribution is 7.89. The van der Waals surface area contributed by atoms with Gasteiger partial charge in [0.05, 0.1) is 0 Å². The normalized spacial score (nSPS) is 16.1. The number of nitrogens with zero attached hydrogens (tertiary/aromatic N) is 4. The molecule has 0 bridgehead atoms. The summed E-state index contributed by atoms with van der Waals surface area (Å²) in [5.74, 6) is 0.641. The summed E-state index contributed by atoms with van der Waals surface area (Å²) < 4.78 is 28.9. The lowest BCUT2D eigenvalue weighted by Crippen LogP contribution is -2.39. The molecule has 0 saturated carbocycles. The first-order valence-corrected chi connectivity index (χ1v) is 10.8. The average molecular weight is 406 g/mol. The van der Waals surface area contributed by atoms with Gasteiger partial charge >= 0.3 is 6.03 Å². The number of carbonyl (C=O) groups is 1. The number of anilines is 1. The Kier molecular flexibility index (Phi) is 5.76. The van der Waals surface area contributed by atoms with Gasteiger partial charge in [0.2, 0.25) is 0 Å². The van der Waals surface area contributed by atoms with Gasteiger partial charge in [-0.3, -0.25) is 0 Å². The molecule has 0 aliphatic carbocycles. The largest absolute Gasteiger partial charge is 0.337 e. The Labute approximate surface area is 166 Å². The lowest BCUT2D eigenvalue weighted by atomic mass is 10.1. The van der Waals surface area contributed by atoms with Crippen LogP contribution in [-0.2, 0) is 17.1 Å². The molecule has 1 aliphatic heterocycles. The van der Waals surface area contributed by atoms with Gasteiger partial charge in [-0.25, -0.2) is 18.2 Å². The van der Waals surface area contributed by atoms with E-state index in [4.69, 9.17) is 0 Å². The van der Waals surface area contributed by atoms with E-state index in [0.717, 1.165) is 11.3 Å². The van der Waals surface area contributed by atoms with Crippen molar-refractivity contribution in [2.24, 2.45) is 7.05 Å². The predicted octanol–water partition coefficient (Wildman–Crippen LogP) is 2.27. The van der Waals surface area contributed by atoms with E-state index in [1.165, 1.54) is 16.1 Å². The van der Waals surface area contributed by atoms with Crippen LogP contribution in [0.25, 0.3) is 0 Å². The van der Waals surface area contributed by atoms with E-state index in [0.29, 0.717) is 31.9 Å². The molecule has 1 N–H and O–H groups in total. The molecule has 3 rings (SSSR count). The second kappa shape index (κ2) is 7.92. The molecule has 9 heteroatoms. The molecule has 28 heavy (non-hydrogen) atoms. The highest BCUT2D eigenvalue weighted by Crippen LogP contribution is 2.18. The molecule has 152 valence electrons. The molecule has 2 amide bonds. The van der Waals surface area contributed by atoms with E-state index in [1.54, 1.807) is 23.4 Å². The van der Waals surface area contributed by atoms with Gasteiger partial charge in [0.15, 0.2) is 5.03 Å². The monoisotopic (exact) mass is 405 g/mol. The molecule has 8 nitrogen and oxygen atoms in total. The Bertz CT molecular complexity index is 964. The maximum Gasteiger partial charge on any atom is 0.321 e. The highest BCUT2D eigenvalue weighted by atomic mass is 32.2. The van der Waals surface area contributed by atoms with Crippen molar-refractivity contribution in [1.82, 2.24) is 18.8 Å². The van der Waals surface area contributed by atoms with Crippen LogP contribution in [0.3, 0.4) is 0 Å². The summed E-state index contributed by atoms with van der Waals surface area (Å²) in [4.78, 5) is 18.4. The van der Waals surface area contributed by atoms with E-state index in [2.05, 4.69) is 10.3 Å². The van der Waals surface area contributed by atoms with E-state index in [-0.39, 0.29) is 17.6 Å². The Balaban J connectivity index is 1.67. The zero-order valence-corrected chi connectivity index (χ0v) is 17.6. The number of imidazole rings is 1. The van der Waals surface area contributed by atoms with Gasteiger partial charge in [-0.05, 0) is 50.5 Å². The number of sulfonamides is 1. The number of nitrogens with one attached hydrogen (secondary N) is 1. The summed E-state index contributed by atoms with van der Waals surface area (Å²) in [6.45, 7) is 7.24. The Morgan fingerprint density at radius 1 is 1.07 bits per heavy atom. The summed E-state index contributed by atoms with van der Waals surface area (Å²) in [5, 5.41) is 2.96. The van der Waals surface area contributed by atoms with Gasteiger partial charge in [0.25, 0.3) is 10.0 Å². The fourth-order valence-electron chi connectivity index (χ4n) is 3.14. The summed E-state index contributed by atoms with van der Waals surface area (Å²) >= 11 is 0. The highest BCUT2D eigenvalue weighted by Gasteiger charge is 2.30. The van der Waals surface area contributed by atoms with Crippen LogP contribution in [0.1, 0.15) is 23.4 Å². The van der Waals surface area contributed by atoms with Crippen molar-refractivity contribution in [2.75, 3.05) is 31.5 Å². The number of aryl methyl sites for hydroxylation is 4. The van der Waals surface area contributed by atoms with Crippen molar-refractivity contribution in [3.05, 3.63) is 41.3 Å². The van der Waals surface area contributed by atoms with Gasteiger partial charge in [-0.15, -0.1) is 0 Å². The number of aromatic nitrogens is 2.